The lowest BCUT2D eigenvalue weighted by Gasteiger charge is -2.13. The maximum absolute atomic E-state index is 12.8. The van der Waals surface area contributed by atoms with Crippen molar-refractivity contribution in [3.05, 3.63) is 0 Å². The Balaban J connectivity index is 4.42. The largest absolute Gasteiger partial charge is 0.270 e. The van der Waals surface area contributed by atoms with Gasteiger partial charge in [0.15, 0.2) is 5.67 Å². The summed E-state index contributed by atoms with van der Waals surface area (Å²) in [5.74, 6) is -1.38. The molecule has 6 heteroatoms. The summed E-state index contributed by atoms with van der Waals surface area (Å²) in [7, 11) is -3.64. The predicted molar refractivity (Wildman–Crippen MR) is 42.8 cm³/mol. The first-order valence-corrected chi connectivity index (χ1v) is 5.08. The van der Waals surface area contributed by atoms with Crippen LogP contribution >= 0.6 is 0 Å². The second-order valence-corrected chi connectivity index (χ2v) is 4.82. The van der Waals surface area contributed by atoms with Gasteiger partial charge in [-0.2, -0.15) is 0 Å². The van der Waals surface area contributed by atoms with E-state index in [0.29, 0.717) is 0 Å². The van der Waals surface area contributed by atoms with E-state index in [1.807, 2.05) is 0 Å². The Bertz CT molecular complexity index is 265. The zero-order valence-electron chi connectivity index (χ0n) is 7.22. The van der Waals surface area contributed by atoms with Crippen LogP contribution in [0.1, 0.15) is 20.8 Å². The third-order valence-electron chi connectivity index (χ3n) is 1.17. The van der Waals surface area contributed by atoms with Gasteiger partial charge in [0.1, 0.15) is 0 Å². The lowest BCUT2D eigenvalue weighted by molar-refractivity contribution is -0.128. The maximum atomic E-state index is 12.8. The van der Waals surface area contributed by atoms with E-state index in [4.69, 9.17) is 0 Å². The number of carbonyl (C=O) groups is 1. The van der Waals surface area contributed by atoms with Crippen molar-refractivity contribution in [1.29, 1.82) is 0 Å². The summed E-state index contributed by atoms with van der Waals surface area (Å²) in [6.45, 7) is 3.35. The van der Waals surface area contributed by atoms with E-state index >= 15 is 0 Å². The molecule has 1 N–H and O–H groups in total. The topological polar surface area (TPSA) is 63.2 Å². The molecule has 0 spiro atoms. The highest BCUT2D eigenvalue weighted by Crippen LogP contribution is 2.07. The third kappa shape index (κ3) is 3.66. The summed E-state index contributed by atoms with van der Waals surface area (Å²) in [6.07, 6.45) is 0. The molecule has 0 saturated carbocycles. The lowest BCUT2D eigenvalue weighted by atomic mass is 10.2. The average molecular weight is 197 g/mol. The smallest absolute Gasteiger partial charge is 0.270 e. The van der Waals surface area contributed by atoms with Gasteiger partial charge in [0.2, 0.25) is 10.0 Å². The molecule has 0 aliphatic carbocycles. The van der Waals surface area contributed by atoms with Crippen LogP contribution < -0.4 is 4.72 Å². The fraction of sp³-hybridized carbons (Fsp3) is 0.833. The molecule has 0 saturated heterocycles. The number of carbonyl (C=O) groups excluding carboxylic acids is 1. The van der Waals surface area contributed by atoms with Crippen molar-refractivity contribution in [3.8, 4) is 0 Å². The van der Waals surface area contributed by atoms with Crippen molar-refractivity contribution in [2.24, 2.45) is 0 Å². The maximum Gasteiger partial charge on any atom is 0.270 e. The third-order valence-corrected chi connectivity index (χ3v) is 2.42. The quantitative estimate of drug-likeness (QED) is 0.703. The highest BCUT2D eigenvalue weighted by molar-refractivity contribution is 7.90. The number of alkyl halides is 1. The summed E-state index contributed by atoms with van der Waals surface area (Å²) in [6, 6.07) is 0. The van der Waals surface area contributed by atoms with Crippen LogP contribution in [0.15, 0.2) is 0 Å². The van der Waals surface area contributed by atoms with E-state index in [2.05, 4.69) is 0 Å². The molecular weight excluding hydrogens is 185 g/mol. The molecule has 4 nitrogen and oxygen atoms in total. The van der Waals surface area contributed by atoms with Crippen LogP contribution in [-0.2, 0) is 14.8 Å². The molecular formula is C6H12FNO3S. The minimum Gasteiger partial charge on any atom is -0.270 e. The molecule has 0 rings (SSSR count). The fourth-order valence-electron chi connectivity index (χ4n) is 0.335. The first-order chi connectivity index (χ1) is 5.19. The number of amides is 1. The van der Waals surface area contributed by atoms with E-state index in [0.717, 1.165) is 13.8 Å². The Hall–Kier alpha value is -0.650. The molecule has 0 aromatic heterocycles. The van der Waals surface area contributed by atoms with Crippen LogP contribution in [0.3, 0.4) is 0 Å². The van der Waals surface area contributed by atoms with Crippen molar-refractivity contribution >= 4 is 15.9 Å². The Kier molecular flexibility index (Phi) is 3.20. The Morgan fingerprint density at radius 3 is 2.17 bits per heavy atom. The van der Waals surface area contributed by atoms with Crippen LogP contribution in [0.4, 0.5) is 4.39 Å². The number of hydrogen-bond donors (Lipinski definition) is 1. The number of sulfonamides is 1. The standard InChI is InChI=1S/C6H12FNO3S/c1-4-12(10,11)8-5(9)6(2,3)7/h4H2,1-3H3,(H,8,9). The van der Waals surface area contributed by atoms with Gasteiger partial charge >= 0.3 is 0 Å². The van der Waals surface area contributed by atoms with E-state index in [1.165, 1.54) is 6.92 Å². The van der Waals surface area contributed by atoms with E-state index in [9.17, 15) is 17.6 Å². The zero-order valence-corrected chi connectivity index (χ0v) is 8.03. The number of hydrogen-bond acceptors (Lipinski definition) is 3. The van der Waals surface area contributed by atoms with Gasteiger partial charge < -0.3 is 0 Å². The molecule has 72 valence electrons. The molecule has 0 bridgehead atoms. The molecule has 0 aromatic rings. The highest BCUT2D eigenvalue weighted by atomic mass is 32.2. The minimum atomic E-state index is -3.64. The van der Waals surface area contributed by atoms with Crippen LogP contribution in [0, 0.1) is 0 Å². The Labute approximate surface area is 71.2 Å². The number of nitrogens with one attached hydrogen (secondary N) is 1. The lowest BCUT2D eigenvalue weighted by Crippen LogP contribution is -2.42. The van der Waals surface area contributed by atoms with Gasteiger partial charge in [-0.1, -0.05) is 0 Å². The fourth-order valence-corrected chi connectivity index (χ4v) is 1.00. The van der Waals surface area contributed by atoms with Crippen molar-refractivity contribution in [2.45, 2.75) is 26.4 Å². The second-order valence-electron chi connectivity index (χ2n) is 2.81. The number of halogens is 1. The molecule has 0 atom stereocenters. The van der Waals surface area contributed by atoms with Gasteiger partial charge in [-0.3, -0.25) is 9.52 Å². The summed E-state index contributed by atoms with van der Waals surface area (Å²) in [5, 5.41) is 0. The van der Waals surface area contributed by atoms with Crippen LogP contribution in [0.25, 0.3) is 0 Å². The van der Waals surface area contributed by atoms with Crippen molar-refractivity contribution in [3.63, 3.8) is 0 Å². The first kappa shape index (κ1) is 11.4. The van der Waals surface area contributed by atoms with E-state index in [1.54, 1.807) is 4.72 Å². The van der Waals surface area contributed by atoms with Gasteiger partial charge in [-0.25, -0.2) is 12.8 Å². The van der Waals surface area contributed by atoms with Crippen LogP contribution in [-0.4, -0.2) is 25.7 Å². The summed E-state index contributed by atoms with van der Waals surface area (Å²) >= 11 is 0. The van der Waals surface area contributed by atoms with E-state index < -0.39 is 21.6 Å². The zero-order chi connectivity index (χ0) is 9.99. The van der Waals surface area contributed by atoms with Crippen molar-refractivity contribution in [2.75, 3.05) is 5.75 Å². The highest BCUT2D eigenvalue weighted by Gasteiger charge is 2.29. The Morgan fingerprint density at radius 2 is 1.92 bits per heavy atom. The Morgan fingerprint density at radius 1 is 1.50 bits per heavy atom. The average Bonchev–Trinajstić information content (AvgIpc) is 1.85. The molecule has 12 heavy (non-hydrogen) atoms. The van der Waals surface area contributed by atoms with E-state index in [-0.39, 0.29) is 5.75 Å². The molecule has 0 unspecified atom stereocenters. The molecule has 0 radical (unpaired) electrons. The minimum absolute atomic E-state index is 0.241. The van der Waals surface area contributed by atoms with Crippen molar-refractivity contribution < 1.29 is 17.6 Å². The normalized spacial score (nSPS) is 12.7. The molecule has 0 aromatic carbocycles. The molecule has 0 aliphatic rings. The van der Waals surface area contributed by atoms with Crippen LogP contribution in [0.2, 0.25) is 0 Å². The second kappa shape index (κ2) is 3.38. The SMILES string of the molecule is CCS(=O)(=O)NC(=O)C(C)(C)F. The van der Waals surface area contributed by atoms with Gasteiger partial charge in [-0.15, -0.1) is 0 Å². The van der Waals surface area contributed by atoms with Gasteiger partial charge in [0, 0.05) is 0 Å². The predicted octanol–water partition coefficient (Wildman–Crippen LogP) is 0.200. The molecule has 1 amide bonds. The number of rotatable bonds is 3. The summed E-state index contributed by atoms with van der Waals surface area (Å²) in [4.78, 5) is 10.8. The van der Waals surface area contributed by atoms with Gasteiger partial charge in [-0.05, 0) is 20.8 Å². The summed E-state index contributed by atoms with van der Waals surface area (Å²) < 4.78 is 35.9. The van der Waals surface area contributed by atoms with Gasteiger partial charge in [0.05, 0.1) is 5.75 Å². The summed E-state index contributed by atoms with van der Waals surface area (Å²) in [5.41, 5.74) is -2.16. The molecule has 0 fully saturated rings. The molecule has 0 heterocycles. The first-order valence-electron chi connectivity index (χ1n) is 3.43. The molecule has 0 aliphatic heterocycles. The van der Waals surface area contributed by atoms with Crippen LogP contribution in [0.5, 0.6) is 0 Å². The monoisotopic (exact) mass is 197 g/mol. The van der Waals surface area contributed by atoms with Crippen molar-refractivity contribution in [1.82, 2.24) is 4.72 Å². The van der Waals surface area contributed by atoms with Gasteiger partial charge in [0.25, 0.3) is 5.91 Å².